The van der Waals surface area contributed by atoms with Gasteiger partial charge in [0, 0.05) is 24.8 Å². The number of benzene rings is 1. The Morgan fingerprint density at radius 2 is 1.86 bits per heavy atom. The van der Waals surface area contributed by atoms with Crippen LogP contribution in [0, 0.1) is 6.92 Å². The summed E-state index contributed by atoms with van der Waals surface area (Å²) in [5, 5.41) is 10.4. The molecule has 1 atom stereocenters. The molecule has 1 saturated heterocycles. The first kappa shape index (κ1) is 14.2. The smallest absolute Gasteiger partial charge is 0.133 e. The number of aliphatic hydroxyl groups is 1. The van der Waals surface area contributed by atoms with E-state index >= 15 is 0 Å². The van der Waals surface area contributed by atoms with E-state index in [4.69, 9.17) is 4.74 Å². The lowest BCUT2D eigenvalue weighted by Crippen LogP contribution is -2.38. The molecule has 0 amide bonds. The first-order valence-corrected chi connectivity index (χ1v) is 7.27. The molecule has 21 heavy (non-hydrogen) atoms. The Bertz CT molecular complexity index is 592. The average Bonchev–Trinajstić information content (AvgIpc) is 2.56. The van der Waals surface area contributed by atoms with Crippen molar-refractivity contribution in [2.24, 2.45) is 0 Å². The quantitative estimate of drug-likeness (QED) is 0.940. The summed E-state index contributed by atoms with van der Waals surface area (Å²) in [6.07, 6.45) is 1.24. The van der Waals surface area contributed by atoms with Gasteiger partial charge in [0.15, 0.2) is 0 Å². The molecule has 2 heterocycles. The second-order valence-electron chi connectivity index (χ2n) is 5.31. The van der Waals surface area contributed by atoms with Crippen molar-refractivity contribution in [3.05, 3.63) is 53.7 Å². The predicted octanol–water partition coefficient (Wildman–Crippen LogP) is 2.38. The zero-order valence-electron chi connectivity index (χ0n) is 12.2. The maximum Gasteiger partial charge on any atom is 0.133 e. The van der Waals surface area contributed by atoms with E-state index in [1.54, 1.807) is 6.20 Å². The Balaban J connectivity index is 1.79. The van der Waals surface area contributed by atoms with Gasteiger partial charge in [-0.15, -0.1) is 0 Å². The van der Waals surface area contributed by atoms with Crippen LogP contribution in [0.15, 0.2) is 42.6 Å². The maximum atomic E-state index is 10.4. The highest BCUT2D eigenvalue weighted by atomic mass is 16.5. The number of morpholine rings is 1. The van der Waals surface area contributed by atoms with Crippen LogP contribution in [0.5, 0.6) is 0 Å². The molecule has 4 heteroatoms. The van der Waals surface area contributed by atoms with Gasteiger partial charge in [0.25, 0.3) is 0 Å². The molecule has 0 saturated carbocycles. The highest BCUT2D eigenvalue weighted by Crippen LogP contribution is 2.24. The SMILES string of the molecule is Cc1cccnc1-c1ccc(C(O)N2CCOCC2)cc1. The third kappa shape index (κ3) is 3.13. The molecular weight excluding hydrogens is 264 g/mol. The van der Waals surface area contributed by atoms with Crippen molar-refractivity contribution in [1.29, 1.82) is 0 Å². The molecule has 1 fully saturated rings. The number of aryl methyl sites for hydroxylation is 1. The number of ether oxygens (including phenoxy) is 1. The van der Waals surface area contributed by atoms with E-state index in [2.05, 4.69) is 18.0 Å². The summed E-state index contributed by atoms with van der Waals surface area (Å²) in [5.74, 6) is 0. The zero-order valence-corrected chi connectivity index (χ0v) is 12.2. The third-order valence-corrected chi connectivity index (χ3v) is 3.88. The van der Waals surface area contributed by atoms with Gasteiger partial charge in [-0.3, -0.25) is 9.88 Å². The van der Waals surface area contributed by atoms with Gasteiger partial charge in [-0.25, -0.2) is 0 Å². The van der Waals surface area contributed by atoms with E-state index < -0.39 is 6.23 Å². The number of nitrogens with zero attached hydrogens (tertiary/aromatic N) is 2. The molecule has 1 aliphatic heterocycles. The van der Waals surface area contributed by atoms with Crippen molar-refractivity contribution in [1.82, 2.24) is 9.88 Å². The zero-order chi connectivity index (χ0) is 14.7. The van der Waals surface area contributed by atoms with Crippen molar-refractivity contribution >= 4 is 0 Å². The fourth-order valence-corrected chi connectivity index (χ4v) is 2.63. The van der Waals surface area contributed by atoms with Crippen LogP contribution < -0.4 is 0 Å². The monoisotopic (exact) mass is 284 g/mol. The van der Waals surface area contributed by atoms with Crippen LogP contribution in [0.3, 0.4) is 0 Å². The Labute approximate surface area is 125 Å². The highest BCUT2D eigenvalue weighted by molar-refractivity contribution is 5.62. The standard InChI is InChI=1S/C17H20N2O2/c1-13-3-2-8-18-16(13)14-4-6-15(7-5-14)17(20)19-9-11-21-12-10-19/h2-8,17,20H,9-12H2,1H3. The molecule has 0 aliphatic carbocycles. The molecule has 3 rings (SSSR count). The molecule has 1 aromatic heterocycles. The topological polar surface area (TPSA) is 45.6 Å². The average molecular weight is 284 g/mol. The second-order valence-corrected chi connectivity index (χ2v) is 5.31. The lowest BCUT2D eigenvalue weighted by molar-refractivity contribution is -0.0603. The molecule has 110 valence electrons. The van der Waals surface area contributed by atoms with Gasteiger partial charge in [0.2, 0.25) is 0 Å². The first-order chi connectivity index (χ1) is 10.3. The van der Waals surface area contributed by atoms with Crippen LogP contribution >= 0.6 is 0 Å². The fraction of sp³-hybridized carbons (Fsp3) is 0.353. The van der Waals surface area contributed by atoms with Gasteiger partial charge in [-0.05, 0) is 24.1 Å². The van der Waals surface area contributed by atoms with Crippen molar-refractivity contribution < 1.29 is 9.84 Å². The maximum absolute atomic E-state index is 10.4. The van der Waals surface area contributed by atoms with Crippen molar-refractivity contribution in [3.63, 3.8) is 0 Å². The molecule has 2 aromatic rings. The number of hydrogen-bond acceptors (Lipinski definition) is 4. The third-order valence-electron chi connectivity index (χ3n) is 3.88. The molecule has 1 aromatic carbocycles. The number of hydrogen-bond donors (Lipinski definition) is 1. The Hall–Kier alpha value is -1.75. The second kappa shape index (κ2) is 6.35. The van der Waals surface area contributed by atoms with Gasteiger partial charge in [0.05, 0.1) is 18.9 Å². The van der Waals surface area contributed by atoms with Crippen LogP contribution in [-0.4, -0.2) is 41.3 Å². The molecule has 4 nitrogen and oxygen atoms in total. The molecule has 1 aliphatic rings. The summed E-state index contributed by atoms with van der Waals surface area (Å²) in [5.41, 5.74) is 4.13. The number of aromatic nitrogens is 1. The molecule has 0 radical (unpaired) electrons. The predicted molar refractivity (Wildman–Crippen MR) is 81.8 cm³/mol. The lowest BCUT2D eigenvalue weighted by atomic mass is 10.0. The number of pyridine rings is 1. The normalized spacial score (nSPS) is 17.6. The van der Waals surface area contributed by atoms with Crippen LogP contribution in [0.2, 0.25) is 0 Å². The summed E-state index contributed by atoms with van der Waals surface area (Å²) in [4.78, 5) is 6.46. The largest absolute Gasteiger partial charge is 0.379 e. The van der Waals surface area contributed by atoms with E-state index in [-0.39, 0.29) is 0 Å². The Morgan fingerprint density at radius 1 is 1.14 bits per heavy atom. The highest BCUT2D eigenvalue weighted by Gasteiger charge is 2.20. The Morgan fingerprint density at radius 3 is 2.52 bits per heavy atom. The Kier molecular flexibility index (Phi) is 4.29. The molecule has 1 unspecified atom stereocenters. The van der Waals surface area contributed by atoms with Crippen molar-refractivity contribution in [2.45, 2.75) is 13.2 Å². The van der Waals surface area contributed by atoms with E-state index in [1.165, 1.54) is 0 Å². The van der Waals surface area contributed by atoms with Crippen LogP contribution in [0.1, 0.15) is 17.4 Å². The molecular formula is C17H20N2O2. The summed E-state index contributed by atoms with van der Waals surface area (Å²) >= 11 is 0. The van der Waals surface area contributed by atoms with Gasteiger partial charge >= 0.3 is 0 Å². The van der Waals surface area contributed by atoms with Gasteiger partial charge in [0.1, 0.15) is 6.23 Å². The van der Waals surface area contributed by atoms with Crippen molar-refractivity contribution in [3.8, 4) is 11.3 Å². The number of aliphatic hydroxyl groups excluding tert-OH is 1. The lowest BCUT2D eigenvalue weighted by Gasteiger charge is -2.31. The minimum absolute atomic E-state index is 0.562. The van der Waals surface area contributed by atoms with E-state index in [9.17, 15) is 5.11 Å². The summed E-state index contributed by atoms with van der Waals surface area (Å²) in [7, 11) is 0. The van der Waals surface area contributed by atoms with E-state index in [0.29, 0.717) is 13.2 Å². The van der Waals surface area contributed by atoms with Crippen LogP contribution in [0.4, 0.5) is 0 Å². The van der Waals surface area contributed by atoms with Crippen molar-refractivity contribution in [2.75, 3.05) is 26.3 Å². The summed E-state index contributed by atoms with van der Waals surface area (Å²) in [6.45, 7) is 4.95. The van der Waals surface area contributed by atoms with E-state index in [1.807, 2.05) is 35.2 Å². The number of rotatable bonds is 3. The van der Waals surface area contributed by atoms with Crippen LogP contribution in [0.25, 0.3) is 11.3 Å². The van der Waals surface area contributed by atoms with Gasteiger partial charge in [-0.2, -0.15) is 0 Å². The minimum atomic E-state index is -0.562. The molecule has 1 N–H and O–H groups in total. The minimum Gasteiger partial charge on any atom is -0.379 e. The van der Waals surface area contributed by atoms with Crippen LogP contribution in [-0.2, 0) is 4.74 Å². The summed E-state index contributed by atoms with van der Waals surface area (Å²) < 4.78 is 5.31. The van der Waals surface area contributed by atoms with Gasteiger partial charge < -0.3 is 9.84 Å². The van der Waals surface area contributed by atoms with Gasteiger partial charge in [-0.1, -0.05) is 30.3 Å². The molecule has 0 spiro atoms. The summed E-state index contributed by atoms with van der Waals surface area (Å²) in [6, 6.07) is 12.0. The first-order valence-electron chi connectivity index (χ1n) is 7.27. The van der Waals surface area contributed by atoms with E-state index in [0.717, 1.165) is 35.5 Å². The fourth-order valence-electron chi connectivity index (χ4n) is 2.63. The molecule has 0 bridgehead atoms.